The molecule has 1 heteroatoms. The van der Waals surface area contributed by atoms with Crippen LogP contribution < -0.4 is 4.90 Å². The molecule has 0 aliphatic carbocycles. The summed E-state index contributed by atoms with van der Waals surface area (Å²) in [5.41, 5.74) is 3.10. The van der Waals surface area contributed by atoms with Gasteiger partial charge in [-0.15, -0.1) is 0 Å². The molecule has 1 aromatic carbocycles. The van der Waals surface area contributed by atoms with Crippen LogP contribution in [0.15, 0.2) is 24.3 Å². The quantitative estimate of drug-likeness (QED) is 0.703. The largest absolute Gasteiger partial charge is 0.365 e. The number of hydrogen-bond donors (Lipinski definition) is 0. The van der Waals surface area contributed by atoms with Gasteiger partial charge in [0.05, 0.1) is 0 Å². The molecule has 17 heavy (non-hydrogen) atoms. The molecule has 0 radical (unpaired) electrons. The van der Waals surface area contributed by atoms with E-state index in [-0.39, 0.29) is 0 Å². The summed E-state index contributed by atoms with van der Waals surface area (Å²) in [5.74, 6) is 0.768. The third kappa shape index (κ3) is 1.86. The average Bonchev–Trinajstić information content (AvgIpc) is 2.37. The number of aryl methyl sites for hydroxylation is 1. The molecule has 0 unspecified atom stereocenters. The zero-order chi connectivity index (χ0) is 11.8. The van der Waals surface area contributed by atoms with Crippen LogP contribution in [0.5, 0.6) is 0 Å². The van der Waals surface area contributed by atoms with Gasteiger partial charge in [-0.2, -0.15) is 0 Å². The van der Waals surface area contributed by atoms with Gasteiger partial charge < -0.3 is 4.90 Å². The van der Waals surface area contributed by atoms with Crippen molar-refractivity contribution in [2.75, 3.05) is 4.90 Å². The molecule has 2 aliphatic heterocycles. The van der Waals surface area contributed by atoms with E-state index in [9.17, 15) is 0 Å². The van der Waals surface area contributed by atoms with E-state index in [1.165, 1.54) is 37.8 Å². The minimum absolute atomic E-state index is 0.759. The van der Waals surface area contributed by atoms with Crippen LogP contribution in [0.4, 0.5) is 5.69 Å². The molecule has 1 aromatic rings. The van der Waals surface area contributed by atoms with Crippen molar-refractivity contribution >= 4 is 5.69 Å². The van der Waals surface area contributed by atoms with E-state index in [0.29, 0.717) is 0 Å². The van der Waals surface area contributed by atoms with Gasteiger partial charge in [0, 0.05) is 17.8 Å². The van der Waals surface area contributed by atoms with Gasteiger partial charge in [0.25, 0.3) is 0 Å². The first-order chi connectivity index (χ1) is 8.27. The Hall–Kier alpha value is -0.980. The van der Waals surface area contributed by atoms with Crippen molar-refractivity contribution < 1.29 is 0 Å². The number of fused-ring (bicyclic) bond motifs is 3. The summed E-state index contributed by atoms with van der Waals surface area (Å²) in [7, 11) is 0. The van der Waals surface area contributed by atoms with Gasteiger partial charge >= 0.3 is 0 Å². The Bertz CT molecular complexity index is 396. The maximum absolute atomic E-state index is 2.76. The number of rotatable bonds is 1. The minimum Gasteiger partial charge on any atom is -0.365 e. The normalized spacial score (nSPS) is 27.8. The van der Waals surface area contributed by atoms with Crippen molar-refractivity contribution in [3.63, 3.8) is 0 Å². The molecule has 3 rings (SSSR count). The Morgan fingerprint density at radius 3 is 2.76 bits per heavy atom. The van der Waals surface area contributed by atoms with Gasteiger partial charge in [0.15, 0.2) is 0 Å². The van der Waals surface area contributed by atoms with Crippen molar-refractivity contribution in [2.24, 2.45) is 5.92 Å². The predicted molar refractivity (Wildman–Crippen MR) is 73.5 cm³/mol. The number of anilines is 1. The van der Waals surface area contributed by atoms with E-state index in [1.807, 2.05) is 0 Å². The molecule has 0 N–H and O–H groups in total. The van der Waals surface area contributed by atoms with Gasteiger partial charge in [-0.05, 0) is 49.7 Å². The standard InChI is InChI=1S/C16H23N/c1-12(2)15-9-5-7-14-11-10-13-6-3-4-8-16(13)17(14)15/h3-4,6,8,12,14-15H,5,7,9-11H2,1-2H3/t14-,15+/m1/s1. The highest BCUT2D eigenvalue weighted by molar-refractivity contribution is 5.57. The molecular weight excluding hydrogens is 206 g/mol. The highest BCUT2D eigenvalue weighted by Crippen LogP contribution is 2.39. The second-order valence-electron chi connectivity index (χ2n) is 5.97. The number of piperidine rings is 1. The van der Waals surface area contributed by atoms with Crippen LogP contribution in [0.25, 0.3) is 0 Å². The van der Waals surface area contributed by atoms with Crippen molar-refractivity contribution in [3.05, 3.63) is 29.8 Å². The molecule has 0 spiro atoms. The maximum Gasteiger partial charge on any atom is 0.0403 e. The van der Waals surface area contributed by atoms with Crippen molar-refractivity contribution in [1.29, 1.82) is 0 Å². The van der Waals surface area contributed by atoms with Crippen LogP contribution >= 0.6 is 0 Å². The van der Waals surface area contributed by atoms with E-state index in [4.69, 9.17) is 0 Å². The van der Waals surface area contributed by atoms with E-state index in [1.54, 1.807) is 5.56 Å². The van der Waals surface area contributed by atoms with Crippen LogP contribution in [0.2, 0.25) is 0 Å². The van der Waals surface area contributed by atoms with Gasteiger partial charge in [-0.25, -0.2) is 0 Å². The fourth-order valence-corrected chi connectivity index (χ4v) is 3.72. The highest BCUT2D eigenvalue weighted by Gasteiger charge is 2.35. The Balaban J connectivity index is 2.00. The van der Waals surface area contributed by atoms with Crippen LogP contribution in [0.1, 0.15) is 45.1 Å². The lowest BCUT2D eigenvalue weighted by atomic mass is 9.83. The van der Waals surface area contributed by atoms with E-state index < -0.39 is 0 Å². The molecule has 92 valence electrons. The first-order valence-corrected chi connectivity index (χ1v) is 7.13. The molecule has 1 nitrogen and oxygen atoms in total. The van der Waals surface area contributed by atoms with Crippen molar-refractivity contribution in [1.82, 2.24) is 0 Å². The number of nitrogens with zero attached hydrogens (tertiary/aromatic N) is 1. The first-order valence-electron chi connectivity index (χ1n) is 7.13. The summed E-state index contributed by atoms with van der Waals surface area (Å²) in [4.78, 5) is 2.76. The molecular formula is C16H23N. The Morgan fingerprint density at radius 1 is 1.12 bits per heavy atom. The number of para-hydroxylation sites is 1. The summed E-state index contributed by atoms with van der Waals surface area (Å²) in [6.45, 7) is 4.76. The highest BCUT2D eigenvalue weighted by atomic mass is 15.2. The first kappa shape index (κ1) is 11.1. The topological polar surface area (TPSA) is 3.24 Å². The second-order valence-corrected chi connectivity index (χ2v) is 5.97. The minimum atomic E-state index is 0.759. The lowest BCUT2D eigenvalue weighted by Crippen LogP contribution is -2.51. The molecule has 0 saturated carbocycles. The molecule has 0 amide bonds. The SMILES string of the molecule is CC(C)[C@@H]1CCC[C@@H]2CCc3ccccc3N21. The smallest absolute Gasteiger partial charge is 0.0403 e. The predicted octanol–water partition coefficient (Wildman–Crippen LogP) is 4.02. The molecule has 2 aliphatic rings. The summed E-state index contributed by atoms with van der Waals surface area (Å²) >= 11 is 0. The van der Waals surface area contributed by atoms with Crippen LogP contribution in [0.3, 0.4) is 0 Å². The lowest BCUT2D eigenvalue weighted by Gasteiger charge is -2.49. The van der Waals surface area contributed by atoms with Crippen LogP contribution in [0, 0.1) is 5.92 Å². The Morgan fingerprint density at radius 2 is 1.94 bits per heavy atom. The fraction of sp³-hybridized carbons (Fsp3) is 0.625. The van der Waals surface area contributed by atoms with Crippen LogP contribution in [-0.4, -0.2) is 12.1 Å². The zero-order valence-electron chi connectivity index (χ0n) is 11.0. The Labute approximate surface area is 105 Å². The molecule has 1 fully saturated rings. The number of hydrogen-bond acceptors (Lipinski definition) is 1. The van der Waals surface area contributed by atoms with E-state index in [2.05, 4.69) is 43.0 Å². The van der Waals surface area contributed by atoms with Gasteiger partial charge in [0.2, 0.25) is 0 Å². The van der Waals surface area contributed by atoms with Crippen molar-refractivity contribution in [2.45, 2.75) is 58.0 Å². The third-order valence-electron chi connectivity index (χ3n) is 4.57. The van der Waals surface area contributed by atoms with Crippen molar-refractivity contribution in [3.8, 4) is 0 Å². The Kier molecular flexibility index (Phi) is 2.85. The molecule has 0 bridgehead atoms. The molecule has 0 aromatic heterocycles. The second kappa shape index (κ2) is 4.36. The summed E-state index contributed by atoms with van der Waals surface area (Å²) in [5, 5.41) is 0. The summed E-state index contributed by atoms with van der Waals surface area (Å²) in [6.07, 6.45) is 6.84. The van der Waals surface area contributed by atoms with Gasteiger partial charge in [-0.3, -0.25) is 0 Å². The van der Waals surface area contributed by atoms with Crippen LogP contribution in [-0.2, 0) is 6.42 Å². The molecule has 1 saturated heterocycles. The monoisotopic (exact) mass is 229 g/mol. The van der Waals surface area contributed by atoms with Gasteiger partial charge in [-0.1, -0.05) is 32.0 Å². The molecule has 2 heterocycles. The molecule has 2 atom stereocenters. The zero-order valence-corrected chi connectivity index (χ0v) is 11.0. The average molecular weight is 229 g/mol. The van der Waals surface area contributed by atoms with E-state index in [0.717, 1.165) is 18.0 Å². The summed E-state index contributed by atoms with van der Waals surface area (Å²) < 4.78 is 0. The summed E-state index contributed by atoms with van der Waals surface area (Å²) in [6, 6.07) is 10.6. The third-order valence-corrected chi connectivity index (χ3v) is 4.57. The van der Waals surface area contributed by atoms with Gasteiger partial charge in [0.1, 0.15) is 0 Å². The maximum atomic E-state index is 2.76. The lowest BCUT2D eigenvalue weighted by molar-refractivity contribution is 0.305. The number of benzene rings is 1. The van der Waals surface area contributed by atoms with E-state index >= 15 is 0 Å². The fourth-order valence-electron chi connectivity index (χ4n) is 3.72.